The van der Waals surface area contributed by atoms with E-state index in [1.54, 1.807) is 13.1 Å². The molecule has 5 nitrogen and oxygen atoms in total. The van der Waals surface area contributed by atoms with Crippen molar-refractivity contribution in [1.82, 2.24) is 14.9 Å². The minimum Gasteiger partial charge on any atom is -0.354 e. The molecule has 0 bridgehead atoms. The second-order valence-electron chi connectivity index (χ2n) is 5.28. The molecule has 1 heterocycles. The fraction of sp³-hybridized carbons (Fsp3) is 0.643. The Kier molecular flexibility index (Phi) is 4.71. The third kappa shape index (κ3) is 3.91. The van der Waals surface area contributed by atoms with Crippen molar-refractivity contribution in [2.75, 3.05) is 6.54 Å². The molecule has 104 valence electrons. The van der Waals surface area contributed by atoms with E-state index < -0.39 is 0 Å². The first-order valence-corrected chi connectivity index (χ1v) is 6.94. The molecule has 1 aliphatic carbocycles. The van der Waals surface area contributed by atoms with Crippen LogP contribution in [0.15, 0.2) is 17.3 Å². The quantitative estimate of drug-likeness (QED) is 0.869. The molecule has 19 heavy (non-hydrogen) atoms. The second-order valence-corrected chi connectivity index (χ2v) is 5.28. The lowest BCUT2D eigenvalue weighted by Crippen LogP contribution is -2.32. The third-order valence-corrected chi connectivity index (χ3v) is 3.70. The fourth-order valence-corrected chi connectivity index (χ4v) is 2.58. The van der Waals surface area contributed by atoms with Gasteiger partial charge in [-0.25, -0.2) is 4.98 Å². The molecule has 0 atom stereocenters. The number of aromatic nitrogens is 2. The van der Waals surface area contributed by atoms with E-state index in [0.717, 1.165) is 0 Å². The molecule has 0 unspecified atom stereocenters. The summed E-state index contributed by atoms with van der Waals surface area (Å²) >= 11 is 0. The van der Waals surface area contributed by atoms with Crippen molar-refractivity contribution >= 4 is 5.91 Å². The van der Waals surface area contributed by atoms with Gasteiger partial charge in [0.25, 0.3) is 5.56 Å². The highest BCUT2D eigenvalue weighted by Gasteiger charge is 2.17. The largest absolute Gasteiger partial charge is 0.354 e. The first kappa shape index (κ1) is 13.8. The van der Waals surface area contributed by atoms with E-state index >= 15 is 0 Å². The van der Waals surface area contributed by atoms with E-state index in [2.05, 4.69) is 10.3 Å². The van der Waals surface area contributed by atoms with Crippen molar-refractivity contribution in [3.8, 4) is 0 Å². The smallest absolute Gasteiger partial charge is 0.256 e. The predicted octanol–water partition coefficient (Wildman–Crippen LogP) is 1.25. The maximum absolute atomic E-state index is 11.7. The molecule has 0 spiro atoms. The van der Waals surface area contributed by atoms with Crippen LogP contribution in [-0.4, -0.2) is 22.0 Å². The molecule has 5 heteroatoms. The van der Waals surface area contributed by atoms with Gasteiger partial charge in [0.1, 0.15) is 0 Å². The molecule has 2 rings (SSSR count). The summed E-state index contributed by atoms with van der Waals surface area (Å²) < 4.78 is 1.53. The lowest BCUT2D eigenvalue weighted by molar-refractivity contribution is -0.122. The first-order chi connectivity index (χ1) is 9.16. The molecular weight excluding hydrogens is 242 g/mol. The van der Waals surface area contributed by atoms with E-state index in [1.165, 1.54) is 36.6 Å². The highest BCUT2D eigenvalue weighted by molar-refractivity contribution is 5.76. The predicted molar refractivity (Wildman–Crippen MR) is 72.8 cm³/mol. The lowest BCUT2D eigenvalue weighted by Gasteiger charge is -2.10. The Balaban J connectivity index is 1.75. The van der Waals surface area contributed by atoms with Crippen LogP contribution in [0.4, 0.5) is 0 Å². The van der Waals surface area contributed by atoms with Crippen LogP contribution in [0, 0.1) is 12.8 Å². The van der Waals surface area contributed by atoms with E-state index in [4.69, 9.17) is 0 Å². The number of rotatable bonds is 5. The van der Waals surface area contributed by atoms with E-state index in [9.17, 15) is 9.59 Å². The number of hydrogen-bond acceptors (Lipinski definition) is 3. The number of carbonyl (C=O) groups is 1. The van der Waals surface area contributed by atoms with Crippen LogP contribution in [0.25, 0.3) is 0 Å². The molecule has 0 radical (unpaired) electrons. The normalized spacial score (nSPS) is 15.6. The molecule has 1 aromatic rings. The van der Waals surface area contributed by atoms with E-state index in [-0.39, 0.29) is 11.5 Å². The standard InChI is InChI=1S/C14H21N3O2/c1-11-9-15-10-17(14(11)19)7-6-16-13(18)8-12-4-2-3-5-12/h9-10,12H,2-8H2,1H3,(H,16,18). The second kappa shape index (κ2) is 6.50. The van der Waals surface area contributed by atoms with Gasteiger partial charge in [-0.3, -0.25) is 14.2 Å². The molecule has 0 aromatic carbocycles. The van der Waals surface area contributed by atoms with Crippen molar-refractivity contribution in [2.24, 2.45) is 5.92 Å². The number of nitrogens with zero attached hydrogens (tertiary/aromatic N) is 2. The summed E-state index contributed by atoms with van der Waals surface area (Å²) in [4.78, 5) is 27.4. The number of aryl methyl sites for hydroxylation is 1. The number of hydrogen-bond donors (Lipinski definition) is 1. The topological polar surface area (TPSA) is 64.0 Å². The van der Waals surface area contributed by atoms with Gasteiger partial charge in [0.15, 0.2) is 0 Å². The van der Waals surface area contributed by atoms with Crippen LogP contribution in [-0.2, 0) is 11.3 Å². The Labute approximate surface area is 113 Å². The van der Waals surface area contributed by atoms with Gasteiger partial charge in [-0.1, -0.05) is 12.8 Å². The summed E-state index contributed by atoms with van der Waals surface area (Å²) in [5, 5.41) is 2.88. The van der Waals surface area contributed by atoms with Gasteiger partial charge in [-0.2, -0.15) is 0 Å². The molecular formula is C14H21N3O2. The van der Waals surface area contributed by atoms with Crippen LogP contribution in [0.1, 0.15) is 37.7 Å². The SMILES string of the molecule is Cc1cncn(CCNC(=O)CC2CCCC2)c1=O. The molecule has 1 N–H and O–H groups in total. The number of carbonyl (C=O) groups excluding carboxylic acids is 1. The summed E-state index contributed by atoms with van der Waals surface area (Å²) in [5.74, 6) is 0.656. The van der Waals surface area contributed by atoms with Crippen molar-refractivity contribution in [3.63, 3.8) is 0 Å². The van der Waals surface area contributed by atoms with Gasteiger partial charge in [0, 0.05) is 31.3 Å². The van der Waals surface area contributed by atoms with Crippen LogP contribution >= 0.6 is 0 Å². The zero-order valence-corrected chi connectivity index (χ0v) is 11.4. The van der Waals surface area contributed by atoms with Gasteiger partial charge in [-0.05, 0) is 25.7 Å². The van der Waals surface area contributed by atoms with E-state index in [1.807, 2.05) is 0 Å². The van der Waals surface area contributed by atoms with Gasteiger partial charge in [-0.15, -0.1) is 0 Å². The molecule has 1 saturated carbocycles. The van der Waals surface area contributed by atoms with Crippen LogP contribution in [0.5, 0.6) is 0 Å². The fourth-order valence-electron chi connectivity index (χ4n) is 2.58. The monoisotopic (exact) mass is 263 g/mol. The summed E-state index contributed by atoms with van der Waals surface area (Å²) in [7, 11) is 0. The highest BCUT2D eigenvalue weighted by atomic mass is 16.1. The van der Waals surface area contributed by atoms with Crippen molar-refractivity contribution < 1.29 is 4.79 Å². The van der Waals surface area contributed by atoms with Crippen molar-refractivity contribution in [1.29, 1.82) is 0 Å². The zero-order chi connectivity index (χ0) is 13.7. The average Bonchev–Trinajstić information content (AvgIpc) is 2.87. The minimum absolute atomic E-state index is 0.0416. The van der Waals surface area contributed by atoms with Gasteiger partial charge >= 0.3 is 0 Å². The Hall–Kier alpha value is -1.65. The summed E-state index contributed by atoms with van der Waals surface area (Å²) in [6.45, 7) is 2.70. The maximum Gasteiger partial charge on any atom is 0.256 e. The molecule has 0 aliphatic heterocycles. The first-order valence-electron chi connectivity index (χ1n) is 6.94. The Morgan fingerprint density at radius 3 is 2.95 bits per heavy atom. The molecule has 1 aliphatic rings. The van der Waals surface area contributed by atoms with Gasteiger partial charge in [0.05, 0.1) is 6.33 Å². The zero-order valence-electron chi connectivity index (χ0n) is 11.4. The van der Waals surface area contributed by atoms with Crippen LogP contribution < -0.4 is 10.9 Å². The van der Waals surface area contributed by atoms with Crippen molar-refractivity contribution in [3.05, 3.63) is 28.4 Å². The summed E-state index contributed by atoms with van der Waals surface area (Å²) in [6.07, 6.45) is 8.55. The van der Waals surface area contributed by atoms with Gasteiger partial charge < -0.3 is 5.32 Å². The lowest BCUT2D eigenvalue weighted by atomic mass is 10.0. The molecule has 1 aromatic heterocycles. The Bertz CT molecular complexity index is 490. The minimum atomic E-state index is -0.0416. The summed E-state index contributed by atoms with van der Waals surface area (Å²) in [6, 6.07) is 0. The van der Waals surface area contributed by atoms with Crippen molar-refractivity contribution in [2.45, 2.75) is 45.6 Å². The molecule has 0 saturated heterocycles. The molecule has 1 amide bonds. The average molecular weight is 263 g/mol. The van der Waals surface area contributed by atoms with E-state index in [0.29, 0.717) is 31.0 Å². The van der Waals surface area contributed by atoms with Crippen LogP contribution in [0.3, 0.4) is 0 Å². The van der Waals surface area contributed by atoms with Crippen LogP contribution in [0.2, 0.25) is 0 Å². The van der Waals surface area contributed by atoms with Gasteiger partial charge in [0.2, 0.25) is 5.91 Å². The third-order valence-electron chi connectivity index (χ3n) is 3.70. The summed E-state index contributed by atoms with van der Waals surface area (Å²) in [5.41, 5.74) is 0.583. The number of nitrogens with one attached hydrogen (secondary N) is 1. The Morgan fingerprint density at radius 1 is 1.47 bits per heavy atom. The Morgan fingerprint density at radius 2 is 2.21 bits per heavy atom. The maximum atomic E-state index is 11.7. The molecule has 1 fully saturated rings. The highest BCUT2D eigenvalue weighted by Crippen LogP contribution is 2.27. The number of amides is 1.